The van der Waals surface area contributed by atoms with Crippen LogP contribution in [0.25, 0.3) is 0 Å². The predicted molar refractivity (Wildman–Crippen MR) is 127 cm³/mol. The average molecular weight is 495 g/mol. The maximum atomic E-state index is 14.5. The van der Waals surface area contributed by atoms with Crippen LogP contribution in [0.5, 0.6) is 0 Å². The summed E-state index contributed by atoms with van der Waals surface area (Å²) in [5.74, 6) is -1.62. The standard InChI is InChI=1S/C24H31FN2O4S2/c1-17-5-8-19(9-6-17)22(27-11-3-4-12-27)14-26-21-15-32(28,29)16-24(21)33(30,31)23-13-18(2)7-10-20(23)25/h5-10,13,21-22,24,26H,3-4,11-12,14-16H2,1-2H3/t21-,22?,24-/m0/s1. The Bertz CT molecular complexity index is 1210. The van der Waals surface area contributed by atoms with Gasteiger partial charge in [-0.2, -0.15) is 0 Å². The molecule has 2 heterocycles. The molecule has 0 bridgehead atoms. The smallest absolute Gasteiger partial charge is 0.186 e. The first kappa shape index (κ1) is 24.3. The Morgan fingerprint density at radius 3 is 2.33 bits per heavy atom. The van der Waals surface area contributed by atoms with Gasteiger partial charge in [-0.1, -0.05) is 35.9 Å². The summed E-state index contributed by atoms with van der Waals surface area (Å²) in [5.41, 5.74) is 2.87. The van der Waals surface area contributed by atoms with E-state index in [4.69, 9.17) is 0 Å². The summed E-state index contributed by atoms with van der Waals surface area (Å²) >= 11 is 0. The third kappa shape index (κ3) is 5.31. The average Bonchev–Trinajstić information content (AvgIpc) is 3.39. The van der Waals surface area contributed by atoms with Crippen LogP contribution in [0.3, 0.4) is 0 Å². The fourth-order valence-electron chi connectivity index (χ4n) is 4.87. The summed E-state index contributed by atoms with van der Waals surface area (Å²) < 4.78 is 66.1. The summed E-state index contributed by atoms with van der Waals surface area (Å²) in [6, 6.07) is 11.4. The molecule has 1 unspecified atom stereocenters. The first-order chi connectivity index (χ1) is 15.6. The van der Waals surface area contributed by atoms with Crippen LogP contribution in [0.15, 0.2) is 47.4 Å². The largest absolute Gasteiger partial charge is 0.310 e. The zero-order chi connectivity index (χ0) is 23.8. The summed E-state index contributed by atoms with van der Waals surface area (Å²) in [7, 11) is -7.75. The second-order valence-corrected chi connectivity index (χ2v) is 13.6. The molecular weight excluding hydrogens is 463 g/mol. The van der Waals surface area contributed by atoms with Crippen molar-refractivity contribution >= 4 is 19.7 Å². The lowest BCUT2D eigenvalue weighted by Crippen LogP contribution is -2.46. The molecule has 1 N–H and O–H groups in total. The van der Waals surface area contributed by atoms with Gasteiger partial charge in [0, 0.05) is 18.6 Å². The zero-order valence-electron chi connectivity index (χ0n) is 19.0. The number of nitrogens with zero attached hydrogens (tertiary/aromatic N) is 1. The van der Waals surface area contributed by atoms with E-state index in [-0.39, 0.29) is 11.8 Å². The maximum absolute atomic E-state index is 14.5. The molecule has 2 aromatic carbocycles. The van der Waals surface area contributed by atoms with Crippen molar-refractivity contribution in [2.45, 2.75) is 48.9 Å². The number of benzene rings is 2. The third-order valence-corrected chi connectivity index (χ3v) is 10.9. The lowest BCUT2D eigenvalue weighted by Gasteiger charge is -2.30. The predicted octanol–water partition coefficient (Wildman–Crippen LogP) is 2.81. The van der Waals surface area contributed by atoms with E-state index in [1.165, 1.54) is 12.1 Å². The molecule has 33 heavy (non-hydrogen) atoms. The van der Waals surface area contributed by atoms with E-state index in [9.17, 15) is 21.2 Å². The van der Waals surface area contributed by atoms with Crippen LogP contribution in [-0.2, 0) is 19.7 Å². The molecule has 2 aliphatic rings. The van der Waals surface area contributed by atoms with Crippen LogP contribution >= 0.6 is 0 Å². The second kappa shape index (κ2) is 9.44. The zero-order valence-corrected chi connectivity index (χ0v) is 20.6. The molecule has 0 aliphatic carbocycles. The Morgan fingerprint density at radius 2 is 1.67 bits per heavy atom. The Morgan fingerprint density at radius 1 is 1.03 bits per heavy atom. The molecule has 0 radical (unpaired) electrons. The third-order valence-electron chi connectivity index (χ3n) is 6.71. The van der Waals surface area contributed by atoms with E-state index in [1.807, 2.05) is 19.1 Å². The van der Waals surface area contributed by atoms with E-state index in [0.717, 1.165) is 43.1 Å². The number of hydrogen-bond donors (Lipinski definition) is 1. The van der Waals surface area contributed by atoms with Crippen LogP contribution in [-0.4, -0.2) is 64.2 Å². The number of hydrogen-bond acceptors (Lipinski definition) is 6. The molecule has 2 fully saturated rings. The Balaban J connectivity index is 1.60. The highest BCUT2D eigenvalue weighted by Gasteiger charge is 2.46. The lowest BCUT2D eigenvalue weighted by atomic mass is 10.0. The number of likely N-dealkylation sites (tertiary alicyclic amines) is 1. The van der Waals surface area contributed by atoms with Crippen molar-refractivity contribution in [3.05, 3.63) is 65.0 Å². The number of rotatable bonds is 7. The van der Waals surface area contributed by atoms with E-state index in [2.05, 4.69) is 22.3 Å². The minimum absolute atomic E-state index is 0.00969. The van der Waals surface area contributed by atoms with Gasteiger partial charge >= 0.3 is 0 Å². The van der Waals surface area contributed by atoms with Crippen LogP contribution in [0.1, 0.15) is 35.6 Å². The number of halogens is 1. The molecule has 3 atom stereocenters. The monoisotopic (exact) mass is 494 g/mol. The summed E-state index contributed by atoms with van der Waals surface area (Å²) in [4.78, 5) is 1.93. The topological polar surface area (TPSA) is 83.5 Å². The normalized spacial score (nSPS) is 24.2. The maximum Gasteiger partial charge on any atom is 0.186 e. The van der Waals surface area contributed by atoms with Crippen LogP contribution in [0.2, 0.25) is 0 Å². The van der Waals surface area contributed by atoms with Crippen molar-refractivity contribution in [2.24, 2.45) is 0 Å². The molecule has 0 amide bonds. The highest BCUT2D eigenvalue weighted by Crippen LogP contribution is 2.30. The molecule has 0 spiro atoms. The van der Waals surface area contributed by atoms with Gasteiger partial charge in [-0.05, 0) is 63.0 Å². The molecule has 9 heteroatoms. The first-order valence-electron chi connectivity index (χ1n) is 11.3. The van der Waals surface area contributed by atoms with Gasteiger partial charge in [0.15, 0.2) is 19.7 Å². The Kier molecular flexibility index (Phi) is 6.96. The molecule has 0 aromatic heterocycles. The summed E-state index contributed by atoms with van der Waals surface area (Å²) in [6.07, 6.45) is 2.20. The van der Waals surface area contributed by atoms with E-state index in [0.29, 0.717) is 12.1 Å². The van der Waals surface area contributed by atoms with Gasteiger partial charge in [0.05, 0.1) is 16.8 Å². The van der Waals surface area contributed by atoms with Gasteiger partial charge in [-0.15, -0.1) is 0 Å². The molecule has 0 saturated carbocycles. The fraction of sp³-hybridized carbons (Fsp3) is 0.500. The van der Waals surface area contributed by atoms with Crippen molar-refractivity contribution in [2.75, 3.05) is 31.1 Å². The van der Waals surface area contributed by atoms with Crippen molar-refractivity contribution < 1.29 is 21.2 Å². The molecule has 6 nitrogen and oxygen atoms in total. The fourth-order valence-corrected chi connectivity index (χ4v) is 9.73. The molecule has 4 rings (SSSR count). The Hall–Kier alpha value is -1.81. The summed E-state index contributed by atoms with van der Waals surface area (Å²) in [6.45, 7) is 6.02. The van der Waals surface area contributed by atoms with Crippen LogP contribution < -0.4 is 5.32 Å². The highest BCUT2D eigenvalue weighted by atomic mass is 32.2. The van der Waals surface area contributed by atoms with Gasteiger partial charge in [-0.25, -0.2) is 21.2 Å². The second-order valence-electron chi connectivity index (χ2n) is 9.28. The highest BCUT2D eigenvalue weighted by molar-refractivity contribution is 7.96. The number of sulfone groups is 2. The van der Waals surface area contributed by atoms with Crippen LogP contribution in [0, 0.1) is 19.7 Å². The lowest BCUT2D eigenvalue weighted by molar-refractivity contribution is 0.234. The summed E-state index contributed by atoms with van der Waals surface area (Å²) in [5, 5.41) is 2.04. The van der Waals surface area contributed by atoms with Gasteiger partial charge in [-0.3, -0.25) is 4.90 Å². The SMILES string of the molecule is Cc1ccc(C(CN[C@H]2CS(=O)(=O)C[C@@H]2S(=O)(=O)c2cc(C)ccc2F)N2CCCC2)cc1. The van der Waals surface area contributed by atoms with Crippen molar-refractivity contribution in [3.63, 3.8) is 0 Å². The molecular formula is C24H31FN2O4S2. The minimum atomic E-state index is -4.18. The van der Waals surface area contributed by atoms with Crippen molar-refractivity contribution in [1.29, 1.82) is 0 Å². The van der Waals surface area contributed by atoms with Crippen LogP contribution in [0.4, 0.5) is 4.39 Å². The van der Waals surface area contributed by atoms with Gasteiger partial charge in [0.25, 0.3) is 0 Å². The van der Waals surface area contributed by atoms with E-state index < -0.39 is 47.4 Å². The quantitative estimate of drug-likeness (QED) is 0.637. The molecule has 2 aromatic rings. The number of aryl methyl sites for hydroxylation is 2. The first-order valence-corrected chi connectivity index (χ1v) is 14.7. The molecule has 2 aliphatic heterocycles. The minimum Gasteiger partial charge on any atom is -0.310 e. The Labute approximate surface area is 196 Å². The van der Waals surface area contributed by atoms with Gasteiger partial charge < -0.3 is 5.32 Å². The van der Waals surface area contributed by atoms with E-state index >= 15 is 0 Å². The van der Waals surface area contributed by atoms with Gasteiger partial charge in [0.1, 0.15) is 10.7 Å². The molecule has 2 saturated heterocycles. The van der Waals surface area contributed by atoms with Crippen molar-refractivity contribution in [3.8, 4) is 0 Å². The van der Waals surface area contributed by atoms with Gasteiger partial charge in [0.2, 0.25) is 0 Å². The number of nitrogens with one attached hydrogen (secondary N) is 1. The van der Waals surface area contributed by atoms with Crippen molar-refractivity contribution in [1.82, 2.24) is 10.2 Å². The van der Waals surface area contributed by atoms with E-state index in [1.54, 1.807) is 6.92 Å². The molecule has 180 valence electrons.